The zero-order valence-corrected chi connectivity index (χ0v) is 12.8. The minimum atomic E-state index is -1.05. The molecule has 0 amide bonds. The highest BCUT2D eigenvalue weighted by Gasteiger charge is 2.26. The molecule has 2 atom stereocenters. The molecule has 0 saturated heterocycles. The zero-order chi connectivity index (χ0) is 15.1. The van der Waals surface area contributed by atoms with Gasteiger partial charge < -0.3 is 5.11 Å². The van der Waals surface area contributed by atoms with E-state index >= 15 is 0 Å². The normalized spacial score (nSPS) is 19.4. The molecule has 0 spiro atoms. The minimum absolute atomic E-state index is 0.304. The number of fused-ring (bicyclic) bond motifs is 3. The summed E-state index contributed by atoms with van der Waals surface area (Å²) in [6.07, 6.45) is 3.18. The van der Waals surface area contributed by atoms with Crippen molar-refractivity contribution < 1.29 is 9.90 Å². The van der Waals surface area contributed by atoms with Crippen LogP contribution in [0.5, 0.6) is 0 Å². The van der Waals surface area contributed by atoms with Gasteiger partial charge in [-0.05, 0) is 37.2 Å². The molecule has 0 aliphatic heterocycles. The molecular weight excluding hydrogens is 290 g/mol. The number of aryl methyl sites for hydroxylation is 1. The second kappa shape index (κ2) is 5.22. The van der Waals surface area contributed by atoms with Crippen molar-refractivity contribution in [3.63, 3.8) is 0 Å². The highest BCUT2D eigenvalue weighted by atomic mass is 32.1. The van der Waals surface area contributed by atoms with Crippen LogP contribution < -0.4 is 5.56 Å². The summed E-state index contributed by atoms with van der Waals surface area (Å²) in [5, 5.41) is 17.7. The lowest BCUT2D eigenvalue weighted by atomic mass is 9.89. The summed E-state index contributed by atoms with van der Waals surface area (Å²) in [4.78, 5) is 25.8. The van der Waals surface area contributed by atoms with Crippen molar-refractivity contribution in [1.29, 1.82) is 0 Å². The SMILES string of the molecule is CC[C@@H](C(=O)O)n1nnc2sc3c(c2c1=O)CC[C@H](C)C3. The van der Waals surface area contributed by atoms with Crippen LogP contribution in [0, 0.1) is 5.92 Å². The van der Waals surface area contributed by atoms with Crippen molar-refractivity contribution >= 4 is 27.5 Å². The van der Waals surface area contributed by atoms with Gasteiger partial charge in [0.1, 0.15) is 0 Å². The van der Waals surface area contributed by atoms with Crippen LogP contribution in [0.4, 0.5) is 0 Å². The molecule has 21 heavy (non-hydrogen) atoms. The second-order valence-corrected chi connectivity index (χ2v) is 6.72. The Bertz CT molecular complexity index is 765. The third kappa shape index (κ3) is 2.25. The first-order valence-electron chi connectivity index (χ1n) is 7.15. The van der Waals surface area contributed by atoms with Crippen LogP contribution in [-0.4, -0.2) is 26.1 Å². The van der Waals surface area contributed by atoms with E-state index in [2.05, 4.69) is 17.2 Å². The van der Waals surface area contributed by atoms with Gasteiger partial charge in [-0.2, -0.15) is 4.68 Å². The Morgan fingerprint density at radius 3 is 3.00 bits per heavy atom. The number of carbonyl (C=O) groups is 1. The Labute approximate surface area is 125 Å². The van der Waals surface area contributed by atoms with E-state index in [-0.39, 0.29) is 5.56 Å². The van der Waals surface area contributed by atoms with Gasteiger partial charge in [0.05, 0.1) is 5.39 Å². The summed E-state index contributed by atoms with van der Waals surface area (Å²) < 4.78 is 1.02. The van der Waals surface area contributed by atoms with Crippen LogP contribution in [0.25, 0.3) is 10.2 Å². The van der Waals surface area contributed by atoms with E-state index in [1.807, 2.05) is 0 Å². The van der Waals surface area contributed by atoms with Crippen molar-refractivity contribution in [3.05, 3.63) is 20.8 Å². The van der Waals surface area contributed by atoms with E-state index in [4.69, 9.17) is 0 Å². The Balaban J connectivity index is 2.21. The smallest absolute Gasteiger partial charge is 0.328 e. The standard InChI is InChI=1S/C14H17N3O3S/c1-3-9(14(19)20)17-13(18)11-8-5-4-7(2)6-10(8)21-12(11)15-16-17/h7,9H,3-6H2,1-2H3,(H,19,20)/t7-,9-/m0/s1. The van der Waals surface area contributed by atoms with E-state index in [1.54, 1.807) is 6.92 Å². The van der Waals surface area contributed by atoms with Gasteiger partial charge in [-0.1, -0.05) is 19.1 Å². The molecule has 0 aromatic carbocycles. The lowest BCUT2D eigenvalue weighted by Crippen LogP contribution is -2.32. The molecule has 1 N–H and O–H groups in total. The van der Waals surface area contributed by atoms with Gasteiger partial charge >= 0.3 is 5.97 Å². The number of carboxylic acids is 1. The number of hydrogen-bond donors (Lipinski definition) is 1. The molecular formula is C14H17N3O3S. The van der Waals surface area contributed by atoms with E-state index in [0.717, 1.165) is 29.5 Å². The third-order valence-corrected chi connectivity index (χ3v) is 5.25. The molecule has 2 aromatic heterocycles. The maximum atomic E-state index is 12.7. The fourth-order valence-electron chi connectivity index (χ4n) is 2.93. The summed E-state index contributed by atoms with van der Waals surface area (Å²) in [6.45, 7) is 3.93. The molecule has 2 aromatic rings. The summed E-state index contributed by atoms with van der Waals surface area (Å²) in [7, 11) is 0. The van der Waals surface area contributed by atoms with Crippen LogP contribution in [0.3, 0.4) is 0 Å². The topological polar surface area (TPSA) is 85.1 Å². The third-order valence-electron chi connectivity index (χ3n) is 4.11. The Morgan fingerprint density at radius 1 is 1.57 bits per heavy atom. The highest BCUT2D eigenvalue weighted by molar-refractivity contribution is 7.18. The van der Waals surface area contributed by atoms with Crippen molar-refractivity contribution in [2.45, 2.75) is 45.6 Å². The van der Waals surface area contributed by atoms with E-state index < -0.39 is 12.0 Å². The molecule has 0 unspecified atom stereocenters. The van der Waals surface area contributed by atoms with Gasteiger partial charge in [0.25, 0.3) is 5.56 Å². The van der Waals surface area contributed by atoms with Gasteiger partial charge in [0, 0.05) is 4.88 Å². The number of carboxylic acid groups (broad SMARTS) is 1. The number of hydrogen-bond acceptors (Lipinski definition) is 5. The number of aromatic nitrogens is 3. The van der Waals surface area contributed by atoms with Crippen LogP contribution in [-0.2, 0) is 17.6 Å². The molecule has 1 aliphatic carbocycles. The van der Waals surface area contributed by atoms with Crippen LogP contribution in [0.1, 0.15) is 43.2 Å². The largest absolute Gasteiger partial charge is 0.480 e. The molecule has 0 fully saturated rings. The van der Waals surface area contributed by atoms with Crippen LogP contribution in [0.2, 0.25) is 0 Å². The lowest BCUT2D eigenvalue weighted by molar-refractivity contribution is -0.141. The van der Waals surface area contributed by atoms with Crippen molar-refractivity contribution in [1.82, 2.24) is 15.0 Å². The first-order valence-corrected chi connectivity index (χ1v) is 7.97. The van der Waals surface area contributed by atoms with E-state index in [0.29, 0.717) is 22.6 Å². The Hall–Kier alpha value is -1.76. The predicted octanol–water partition coefficient (Wildman–Crippen LogP) is 2.01. The lowest BCUT2D eigenvalue weighted by Gasteiger charge is -2.17. The monoisotopic (exact) mass is 307 g/mol. The van der Waals surface area contributed by atoms with Crippen LogP contribution in [0.15, 0.2) is 4.79 Å². The summed E-state index contributed by atoms with van der Waals surface area (Å²) >= 11 is 1.52. The van der Waals surface area contributed by atoms with E-state index in [9.17, 15) is 14.7 Å². The number of nitrogens with zero attached hydrogens (tertiary/aromatic N) is 3. The summed E-state index contributed by atoms with van der Waals surface area (Å²) in [5.41, 5.74) is 0.739. The Kier molecular flexibility index (Phi) is 3.52. The predicted molar refractivity (Wildman–Crippen MR) is 79.8 cm³/mol. The average molecular weight is 307 g/mol. The zero-order valence-electron chi connectivity index (χ0n) is 12.0. The fourth-order valence-corrected chi connectivity index (χ4v) is 4.25. The van der Waals surface area contributed by atoms with Gasteiger partial charge in [-0.25, -0.2) is 4.79 Å². The number of rotatable bonds is 3. The second-order valence-electron chi connectivity index (χ2n) is 5.63. The van der Waals surface area contributed by atoms with Gasteiger partial charge in [-0.15, -0.1) is 16.4 Å². The quantitative estimate of drug-likeness (QED) is 0.937. The molecule has 6 nitrogen and oxygen atoms in total. The molecule has 1 aliphatic rings. The molecule has 112 valence electrons. The van der Waals surface area contributed by atoms with E-state index in [1.165, 1.54) is 16.2 Å². The maximum absolute atomic E-state index is 12.7. The first kappa shape index (κ1) is 14.2. The van der Waals surface area contributed by atoms with Crippen molar-refractivity contribution in [2.75, 3.05) is 0 Å². The van der Waals surface area contributed by atoms with Gasteiger partial charge in [0.2, 0.25) is 0 Å². The fraction of sp³-hybridized carbons (Fsp3) is 0.571. The molecule has 2 heterocycles. The van der Waals surface area contributed by atoms with Crippen LogP contribution >= 0.6 is 11.3 Å². The molecule has 7 heteroatoms. The first-order chi connectivity index (χ1) is 10.0. The number of aliphatic carboxylic acids is 1. The van der Waals surface area contributed by atoms with Crippen molar-refractivity contribution in [3.8, 4) is 0 Å². The maximum Gasteiger partial charge on any atom is 0.328 e. The van der Waals surface area contributed by atoms with Crippen molar-refractivity contribution in [2.24, 2.45) is 5.92 Å². The number of thiophene rings is 1. The minimum Gasteiger partial charge on any atom is -0.480 e. The summed E-state index contributed by atoms with van der Waals surface area (Å²) in [5.74, 6) is -0.436. The Morgan fingerprint density at radius 2 is 2.33 bits per heavy atom. The van der Waals surface area contributed by atoms with Gasteiger partial charge in [-0.3, -0.25) is 4.79 Å². The van der Waals surface area contributed by atoms with Gasteiger partial charge in [0.15, 0.2) is 10.9 Å². The molecule has 3 rings (SSSR count). The average Bonchev–Trinajstić information content (AvgIpc) is 2.79. The molecule has 0 saturated carbocycles. The highest BCUT2D eigenvalue weighted by Crippen LogP contribution is 2.35. The molecule has 0 bridgehead atoms. The summed E-state index contributed by atoms with van der Waals surface area (Å²) in [6, 6.07) is -0.951. The molecule has 0 radical (unpaired) electrons.